The SMILES string of the molecule is C=C/C=C\C=C/CC1C(C)=CN=C(/C(Cl)=C\C=C/C)N/C1=C/C. The molecule has 0 aromatic rings. The topological polar surface area (TPSA) is 24.4 Å². The van der Waals surface area contributed by atoms with Gasteiger partial charge in [0.1, 0.15) is 5.84 Å². The molecule has 1 aliphatic rings. The highest BCUT2D eigenvalue weighted by atomic mass is 35.5. The molecule has 1 N–H and O–H groups in total. The summed E-state index contributed by atoms with van der Waals surface area (Å²) in [6, 6.07) is 0. The minimum absolute atomic E-state index is 0.265. The highest BCUT2D eigenvalue weighted by Gasteiger charge is 2.19. The van der Waals surface area contributed by atoms with E-state index in [0.29, 0.717) is 10.9 Å². The van der Waals surface area contributed by atoms with Gasteiger partial charge in [-0.3, -0.25) is 0 Å². The fraction of sp³-hybridized carbons (Fsp3) is 0.250. The summed E-state index contributed by atoms with van der Waals surface area (Å²) >= 11 is 6.32. The van der Waals surface area contributed by atoms with Gasteiger partial charge in [-0.2, -0.15) is 0 Å². The van der Waals surface area contributed by atoms with E-state index in [1.165, 1.54) is 5.57 Å². The third-order valence-corrected chi connectivity index (χ3v) is 3.73. The van der Waals surface area contributed by atoms with Gasteiger partial charge in [-0.05, 0) is 38.8 Å². The van der Waals surface area contributed by atoms with Crippen LogP contribution in [0, 0.1) is 5.92 Å². The van der Waals surface area contributed by atoms with Crippen molar-refractivity contribution in [1.29, 1.82) is 0 Å². The molecule has 0 radical (unpaired) electrons. The van der Waals surface area contributed by atoms with Crippen LogP contribution in [0.15, 0.2) is 88.8 Å². The van der Waals surface area contributed by atoms with Gasteiger partial charge in [0.15, 0.2) is 0 Å². The van der Waals surface area contributed by atoms with Gasteiger partial charge in [-0.1, -0.05) is 66.8 Å². The number of amidine groups is 1. The van der Waals surface area contributed by atoms with Gasteiger partial charge in [-0.15, -0.1) is 0 Å². The van der Waals surface area contributed by atoms with Crippen molar-refractivity contribution in [2.24, 2.45) is 10.9 Å². The minimum Gasteiger partial charge on any atom is -0.342 e. The lowest BCUT2D eigenvalue weighted by Crippen LogP contribution is -2.26. The number of nitrogens with zero attached hydrogens (tertiary/aromatic N) is 1. The highest BCUT2D eigenvalue weighted by molar-refractivity contribution is 6.43. The molecule has 0 bridgehead atoms. The van der Waals surface area contributed by atoms with Crippen molar-refractivity contribution in [2.75, 3.05) is 0 Å². The van der Waals surface area contributed by atoms with Crippen LogP contribution in [-0.4, -0.2) is 5.84 Å². The van der Waals surface area contributed by atoms with Crippen LogP contribution in [0.25, 0.3) is 0 Å². The molecule has 0 aromatic carbocycles. The van der Waals surface area contributed by atoms with E-state index in [2.05, 4.69) is 36.0 Å². The molecule has 0 saturated heterocycles. The quantitative estimate of drug-likeness (QED) is 0.612. The number of hydrogen-bond donors (Lipinski definition) is 1. The van der Waals surface area contributed by atoms with E-state index >= 15 is 0 Å². The van der Waals surface area contributed by atoms with E-state index in [1.807, 2.05) is 56.5 Å². The van der Waals surface area contributed by atoms with E-state index in [9.17, 15) is 0 Å². The van der Waals surface area contributed by atoms with Gasteiger partial charge < -0.3 is 5.32 Å². The molecule has 23 heavy (non-hydrogen) atoms. The Kier molecular flexibility index (Phi) is 8.78. The maximum atomic E-state index is 6.32. The van der Waals surface area contributed by atoms with Crippen LogP contribution in [0.3, 0.4) is 0 Å². The average molecular weight is 329 g/mol. The lowest BCUT2D eigenvalue weighted by Gasteiger charge is -2.19. The fourth-order valence-corrected chi connectivity index (χ4v) is 2.33. The van der Waals surface area contributed by atoms with Gasteiger partial charge in [0.05, 0.1) is 5.03 Å². The Bertz CT molecular complexity index is 614. The first kappa shape index (κ1) is 19.0. The van der Waals surface area contributed by atoms with Crippen LogP contribution in [-0.2, 0) is 0 Å². The summed E-state index contributed by atoms with van der Waals surface area (Å²) in [4.78, 5) is 4.48. The Morgan fingerprint density at radius 2 is 2.09 bits per heavy atom. The number of allylic oxidation sites excluding steroid dienone is 10. The van der Waals surface area contributed by atoms with Gasteiger partial charge in [0.25, 0.3) is 0 Å². The summed E-state index contributed by atoms with van der Waals surface area (Å²) in [7, 11) is 0. The number of halogens is 1. The molecule has 0 aromatic heterocycles. The van der Waals surface area contributed by atoms with Crippen molar-refractivity contribution in [3.8, 4) is 0 Å². The molecule has 3 heteroatoms. The van der Waals surface area contributed by atoms with Crippen molar-refractivity contribution in [3.63, 3.8) is 0 Å². The Morgan fingerprint density at radius 1 is 1.30 bits per heavy atom. The first-order valence-electron chi connectivity index (χ1n) is 7.74. The van der Waals surface area contributed by atoms with Crippen LogP contribution >= 0.6 is 11.6 Å². The summed E-state index contributed by atoms with van der Waals surface area (Å²) in [6.07, 6.45) is 20.4. The van der Waals surface area contributed by atoms with Gasteiger partial charge in [-0.25, -0.2) is 4.99 Å². The molecule has 0 saturated carbocycles. The Balaban J connectivity index is 2.94. The van der Waals surface area contributed by atoms with Crippen LogP contribution in [0.5, 0.6) is 0 Å². The zero-order chi connectivity index (χ0) is 17.1. The summed E-state index contributed by atoms with van der Waals surface area (Å²) < 4.78 is 0. The van der Waals surface area contributed by atoms with Crippen LogP contribution < -0.4 is 5.32 Å². The van der Waals surface area contributed by atoms with E-state index in [0.717, 1.165) is 12.1 Å². The number of aliphatic imine (C=N–C) groups is 1. The normalized spacial score (nSPS) is 21.7. The standard InChI is InChI=1S/C20H25ClN2/c1-5-8-10-11-12-13-17-16(4)15-22-20(23-19(17)7-3)18(21)14-9-6-2/h5-12,14-15,17H,1,13H2,2-4H3,(H,22,23)/b9-6-,10-8-,12-11-,18-14+,19-7+. The summed E-state index contributed by atoms with van der Waals surface area (Å²) in [5.41, 5.74) is 2.31. The maximum absolute atomic E-state index is 6.32. The lowest BCUT2D eigenvalue weighted by molar-refractivity contribution is 0.694. The zero-order valence-corrected chi connectivity index (χ0v) is 14.8. The molecule has 1 unspecified atom stereocenters. The molecular formula is C20H25ClN2. The van der Waals surface area contributed by atoms with Gasteiger partial charge in [0, 0.05) is 17.8 Å². The molecule has 1 heterocycles. The number of hydrogen-bond acceptors (Lipinski definition) is 2. The van der Waals surface area contributed by atoms with Crippen molar-refractivity contribution in [2.45, 2.75) is 27.2 Å². The third kappa shape index (κ3) is 6.29. The minimum atomic E-state index is 0.265. The monoisotopic (exact) mass is 328 g/mol. The van der Waals surface area contributed by atoms with E-state index in [1.54, 1.807) is 6.08 Å². The van der Waals surface area contributed by atoms with E-state index < -0.39 is 0 Å². The molecule has 1 rings (SSSR count). The van der Waals surface area contributed by atoms with Crippen LogP contribution in [0.4, 0.5) is 0 Å². The molecule has 2 nitrogen and oxygen atoms in total. The summed E-state index contributed by atoms with van der Waals surface area (Å²) in [5, 5.41) is 3.96. The van der Waals surface area contributed by atoms with Crippen LogP contribution in [0.2, 0.25) is 0 Å². The Labute approximate surface area is 145 Å². The average Bonchev–Trinajstić information content (AvgIpc) is 2.72. The summed E-state index contributed by atoms with van der Waals surface area (Å²) in [5.74, 6) is 0.941. The largest absolute Gasteiger partial charge is 0.342 e. The molecule has 0 spiro atoms. The van der Waals surface area contributed by atoms with Crippen LogP contribution in [0.1, 0.15) is 27.2 Å². The first-order chi connectivity index (χ1) is 11.1. The molecule has 1 aliphatic heterocycles. The second kappa shape index (κ2) is 10.6. The van der Waals surface area contributed by atoms with Gasteiger partial charge >= 0.3 is 0 Å². The van der Waals surface area contributed by atoms with Crippen molar-refractivity contribution < 1.29 is 0 Å². The molecule has 0 fully saturated rings. The van der Waals surface area contributed by atoms with Crippen molar-refractivity contribution >= 4 is 17.4 Å². The highest BCUT2D eigenvalue weighted by Crippen LogP contribution is 2.26. The second-order valence-electron chi connectivity index (χ2n) is 5.10. The third-order valence-electron chi connectivity index (χ3n) is 3.42. The zero-order valence-electron chi connectivity index (χ0n) is 14.1. The smallest absolute Gasteiger partial charge is 0.148 e. The molecule has 122 valence electrons. The maximum Gasteiger partial charge on any atom is 0.148 e. The predicted octanol–water partition coefficient (Wildman–Crippen LogP) is 5.80. The number of nitrogens with one attached hydrogen (secondary N) is 1. The predicted molar refractivity (Wildman–Crippen MR) is 103 cm³/mol. The van der Waals surface area contributed by atoms with E-state index in [4.69, 9.17) is 11.6 Å². The molecule has 0 aliphatic carbocycles. The van der Waals surface area contributed by atoms with Crippen molar-refractivity contribution in [3.05, 3.63) is 83.8 Å². The van der Waals surface area contributed by atoms with Gasteiger partial charge in [0.2, 0.25) is 0 Å². The fourth-order valence-electron chi connectivity index (χ4n) is 2.16. The van der Waals surface area contributed by atoms with Crippen molar-refractivity contribution in [1.82, 2.24) is 5.32 Å². The number of rotatable bonds is 6. The van der Waals surface area contributed by atoms with E-state index in [-0.39, 0.29) is 5.92 Å². The summed E-state index contributed by atoms with van der Waals surface area (Å²) in [6.45, 7) is 9.73. The second-order valence-corrected chi connectivity index (χ2v) is 5.50. The Morgan fingerprint density at radius 3 is 2.74 bits per heavy atom. The Hall–Kier alpha value is -2.06. The molecule has 0 amide bonds. The molecular weight excluding hydrogens is 304 g/mol. The lowest BCUT2D eigenvalue weighted by atomic mass is 9.93. The molecule has 1 atom stereocenters. The first-order valence-corrected chi connectivity index (χ1v) is 8.12.